The van der Waals surface area contributed by atoms with E-state index in [1.807, 2.05) is 6.92 Å². The zero-order chi connectivity index (χ0) is 14.5. The number of aryl methyl sites for hydroxylation is 1. The Bertz CT molecular complexity index is 575. The van der Waals surface area contributed by atoms with Gasteiger partial charge in [-0.1, -0.05) is 0 Å². The number of halogens is 2. The lowest BCUT2D eigenvalue weighted by Crippen LogP contribution is -2.22. The van der Waals surface area contributed by atoms with Crippen LogP contribution in [-0.2, 0) is 6.54 Å². The Morgan fingerprint density at radius 1 is 1.25 bits per heavy atom. The minimum Gasteiger partial charge on any atom is -0.387 e. The number of nitrogens with zero attached hydrogens (tertiary/aromatic N) is 2. The van der Waals surface area contributed by atoms with Crippen molar-refractivity contribution in [3.8, 4) is 0 Å². The van der Waals surface area contributed by atoms with Gasteiger partial charge in [-0.2, -0.15) is 0 Å². The van der Waals surface area contributed by atoms with Crippen LogP contribution in [0, 0.1) is 18.6 Å². The predicted molar refractivity (Wildman–Crippen MR) is 69.8 cm³/mol. The second-order valence-electron chi connectivity index (χ2n) is 4.46. The fraction of sp³-hybridized carbons (Fsp3) is 0.286. The van der Waals surface area contributed by atoms with Crippen molar-refractivity contribution in [2.45, 2.75) is 19.6 Å². The molecule has 6 heteroatoms. The summed E-state index contributed by atoms with van der Waals surface area (Å²) in [4.78, 5) is 8.23. The third-order valence-corrected chi connectivity index (χ3v) is 2.80. The first-order valence-corrected chi connectivity index (χ1v) is 6.17. The Balaban J connectivity index is 1.90. The van der Waals surface area contributed by atoms with Crippen molar-refractivity contribution in [2.24, 2.45) is 0 Å². The van der Waals surface area contributed by atoms with E-state index >= 15 is 0 Å². The summed E-state index contributed by atoms with van der Waals surface area (Å²) in [5, 5.41) is 12.8. The van der Waals surface area contributed by atoms with Gasteiger partial charge in [0.1, 0.15) is 11.6 Å². The summed E-state index contributed by atoms with van der Waals surface area (Å²) in [6.45, 7) is 2.32. The first-order chi connectivity index (χ1) is 9.56. The number of aliphatic hydroxyl groups excluding tert-OH is 1. The SMILES string of the molecule is Cc1cnc(CNCC(O)c2cc(F)ccc2F)cn1. The molecule has 0 aliphatic heterocycles. The highest BCUT2D eigenvalue weighted by Gasteiger charge is 2.13. The van der Waals surface area contributed by atoms with Crippen LogP contribution in [0.3, 0.4) is 0 Å². The molecule has 0 spiro atoms. The second-order valence-corrected chi connectivity index (χ2v) is 4.46. The van der Waals surface area contributed by atoms with E-state index in [0.29, 0.717) is 12.2 Å². The number of benzene rings is 1. The molecule has 2 aromatic rings. The van der Waals surface area contributed by atoms with E-state index in [4.69, 9.17) is 0 Å². The van der Waals surface area contributed by atoms with Crippen LogP contribution in [0.4, 0.5) is 8.78 Å². The first-order valence-electron chi connectivity index (χ1n) is 6.17. The van der Waals surface area contributed by atoms with Gasteiger partial charge in [-0.25, -0.2) is 8.78 Å². The fourth-order valence-corrected chi connectivity index (χ4v) is 1.73. The standard InChI is InChI=1S/C14H15F2N3O/c1-9-5-19-11(7-18-9)6-17-8-14(20)12-4-10(15)2-3-13(12)16/h2-5,7,14,17,20H,6,8H2,1H3. The summed E-state index contributed by atoms with van der Waals surface area (Å²) in [5.41, 5.74) is 1.46. The number of hydrogen-bond acceptors (Lipinski definition) is 4. The lowest BCUT2D eigenvalue weighted by Gasteiger charge is -2.13. The molecule has 2 rings (SSSR count). The number of aromatic nitrogens is 2. The highest BCUT2D eigenvalue weighted by atomic mass is 19.1. The van der Waals surface area contributed by atoms with Gasteiger partial charge in [-0.05, 0) is 25.1 Å². The maximum Gasteiger partial charge on any atom is 0.129 e. The Morgan fingerprint density at radius 2 is 2.05 bits per heavy atom. The van der Waals surface area contributed by atoms with Crippen molar-refractivity contribution in [2.75, 3.05) is 6.54 Å². The van der Waals surface area contributed by atoms with Crippen molar-refractivity contribution >= 4 is 0 Å². The molecule has 1 heterocycles. The average Bonchev–Trinajstić information content (AvgIpc) is 2.43. The molecular weight excluding hydrogens is 264 g/mol. The van der Waals surface area contributed by atoms with E-state index < -0.39 is 17.7 Å². The molecule has 0 radical (unpaired) electrons. The number of hydrogen-bond donors (Lipinski definition) is 2. The maximum absolute atomic E-state index is 13.4. The predicted octanol–water partition coefficient (Wildman–Crippen LogP) is 1.89. The number of rotatable bonds is 5. The minimum absolute atomic E-state index is 0.0625. The third-order valence-electron chi connectivity index (χ3n) is 2.80. The van der Waals surface area contributed by atoms with Gasteiger partial charge in [0.05, 0.1) is 17.5 Å². The van der Waals surface area contributed by atoms with Gasteiger partial charge in [0.25, 0.3) is 0 Å². The van der Waals surface area contributed by atoms with Gasteiger partial charge >= 0.3 is 0 Å². The van der Waals surface area contributed by atoms with Crippen LogP contribution >= 0.6 is 0 Å². The summed E-state index contributed by atoms with van der Waals surface area (Å²) >= 11 is 0. The smallest absolute Gasteiger partial charge is 0.129 e. The van der Waals surface area contributed by atoms with E-state index in [1.165, 1.54) is 0 Å². The van der Waals surface area contributed by atoms with Crippen molar-refractivity contribution < 1.29 is 13.9 Å². The van der Waals surface area contributed by atoms with Crippen molar-refractivity contribution in [1.29, 1.82) is 0 Å². The van der Waals surface area contributed by atoms with E-state index in [-0.39, 0.29) is 12.1 Å². The van der Waals surface area contributed by atoms with Gasteiger partial charge in [-0.15, -0.1) is 0 Å². The molecule has 0 fully saturated rings. The molecule has 4 nitrogen and oxygen atoms in total. The summed E-state index contributed by atoms with van der Waals surface area (Å²) < 4.78 is 26.5. The van der Waals surface area contributed by atoms with Crippen LogP contribution in [0.15, 0.2) is 30.6 Å². The Hall–Kier alpha value is -1.92. The molecule has 106 valence electrons. The van der Waals surface area contributed by atoms with E-state index in [9.17, 15) is 13.9 Å². The molecule has 0 saturated heterocycles. The lowest BCUT2D eigenvalue weighted by molar-refractivity contribution is 0.169. The zero-order valence-corrected chi connectivity index (χ0v) is 11.0. The largest absolute Gasteiger partial charge is 0.387 e. The molecule has 0 amide bonds. The van der Waals surface area contributed by atoms with E-state index in [0.717, 1.165) is 23.9 Å². The van der Waals surface area contributed by atoms with Gasteiger partial charge in [0.15, 0.2) is 0 Å². The van der Waals surface area contributed by atoms with Gasteiger partial charge in [-0.3, -0.25) is 9.97 Å². The Kier molecular flexibility index (Phi) is 4.70. The topological polar surface area (TPSA) is 58.0 Å². The Labute approximate surface area is 115 Å². The van der Waals surface area contributed by atoms with Crippen molar-refractivity contribution in [1.82, 2.24) is 15.3 Å². The molecule has 2 N–H and O–H groups in total. The monoisotopic (exact) mass is 279 g/mol. The molecule has 0 bridgehead atoms. The first kappa shape index (κ1) is 14.5. The minimum atomic E-state index is -1.12. The van der Waals surface area contributed by atoms with Crippen LogP contribution in [-0.4, -0.2) is 21.6 Å². The van der Waals surface area contributed by atoms with Crippen LogP contribution in [0.25, 0.3) is 0 Å². The summed E-state index contributed by atoms with van der Waals surface area (Å²) in [7, 11) is 0. The van der Waals surface area contributed by atoms with Crippen LogP contribution in [0.5, 0.6) is 0 Å². The number of nitrogens with one attached hydrogen (secondary N) is 1. The second kappa shape index (κ2) is 6.49. The molecular formula is C14H15F2N3O. The molecule has 1 atom stereocenters. The highest BCUT2D eigenvalue weighted by molar-refractivity contribution is 5.21. The normalized spacial score (nSPS) is 12.4. The molecule has 20 heavy (non-hydrogen) atoms. The van der Waals surface area contributed by atoms with Crippen molar-refractivity contribution in [3.05, 3.63) is 59.2 Å². The van der Waals surface area contributed by atoms with Crippen molar-refractivity contribution in [3.63, 3.8) is 0 Å². The van der Waals surface area contributed by atoms with Crippen LogP contribution in [0.1, 0.15) is 23.1 Å². The lowest BCUT2D eigenvalue weighted by atomic mass is 10.1. The van der Waals surface area contributed by atoms with Gasteiger partial charge in [0.2, 0.25) is 0 Å². The Morgan fingerprint density at radius 3 is 2.75 bits per heavy atom. The van der Waals surface area contributed by atoms with Gasteiger partial charge in [0, 0.05) is 31.0 Å². The molecule has 0 aliphatic carbocycles. The quantitative estimate of drug-likeness (QED) is 0.877. The van der Waals surface area contributed by atoms with Crippen LogP contribution in [0.2, 0.25) is 0 Å². The van der Waals surface area contributed by atoms with Gasteiger partial charge < -0.3 is 10.4 Å². The van der Waals surface area contributed by atoms with Crippen LogP contribution < -0.4 is 5.32 Å². The molecule has 0 saturated carbocycles. The molecule has 0 aliphatic rings. The summed E-state index contributed by atoms with van der Waals surface area (Å²) in [6, 6.07) is 3.01. The average molecular weight is 279 g/mol. The number of aliphatic hydroxyl groups is 1. The van der Waals surface area contributed by atoms with E-state index in [2.05, 4.69) is 15.3 Å². The zero-order valence-electron chi connectivity index (χ0n) is 11.0. The molecule has 1 unspecified atom stereocenters. The molecule has 1 aromatic carbocycles. The fourth-order valence-electron chi connectivity index (χ4n) is 1.73. The summed E-state index contributed by atoms with van der Waals surface area (Å²) in [5.74, 6) is -1.21. The third kappa shape index (κ3) is 3.79. The van der Waals surface area contributed by atoms with E-state index in [1.54, 1.807) is 12.4 Å². The maximum atomic E-state index is 13.4. The highest BCUT2D eigenvalue weighted by Crippen LogP contribution is 2.17. The summed E-state index contributed by atoms with van der Waals surface area (Å²) in [6.07, 6.45) is 2.14. The molecule has 1 aromatic heterocycles.